The van der Waals surface area contributed by atoms with Crippen LogP contribution in [-0.4, -0.2) is 48.8 Å². The summed E-state index contributed by atoms with van der Waals surface area (Å²) in [6, 6.07) is 10.6. The Morgan fingerprint density at radius 2 is 1.54 bits per heavy atom. The number of nitrogens with one attached hydrogen (secondary N) is 2. The van der Waals surface area contributed by atoms with Gasteiger partial charge < -0.3 is 27.8 Å². The molecule has 2 rings (SSSR count). The third kappa shape index (κ3) is 9.12. The highest BCUT2D eigenvalue weighted by molar-refractivity contribution is 5.92. The molecule has 0 saturated carbocycles. The first-order valence-electron chi connectivity index (χ1n) is 11.0. The second-order valence-electron chi connectivity index (χ2n) is 8.12. The van der Waals surface area contributed by atoms with Crippen molar-refractivity contribution in [3.05, 3.63) is 71.3 Å². The van der Waals surface area contributed by atoms with Gasteiger partial charge in [-0.05, 0) is 30.0 Å². The predicted octanol–water partition coefficient (Wildman–Crippen LogP) is 0.664. The Bertz CT molecular complexity index is 1000. The van der Waals surface area contributed by atoms with E-state index < -0.39 is 47.5 Å². The van der Waals surface area contributed by atoms with Crippen LogP contribution >= 0.6 is 0 Å². The first kappa shape index (κ1) is 28.0. The molecule has 0 aromatic heterocycles. The van der Waals surface area contributed by atoms with E-state index in [2.05, 4.69) is 10.6 Å². The smallest absolute Gasteiger partial charge is 0.353 e. The van der Waals surface area contributed by atoms with Crippen molar-refractivity contribution >= 4 is 17.6 Å². The molecule has 0 spiro atoms. The molecule has 2 aromatic rings. The first-order chi connectivity index (χ1) is 16.5. The molecule has 0 radical (unpaired) electrons. The number of aryl methyl sites for hydroxylation is 1. The molecule has 0 fully saturated rings. The van der Waals surface area contributed by atoms with Crippen molar-refractivity contribution < 1.29 is 27.6 Å². The summed E-state index contributed by atoms with van der Waals surface area (Å²) in [5, 5.41) is 4.99. The van der Waals surface area contributed by atoms with Crippen LogP contribution in [-0.2, 0) is 33.4 Å². The molecule has 0 unspecified atom stereocenters. The lowest BCUT2D eigenvalue weighted by molar-refractivity contribution is -0.137. The maximum absolute atomic E-state index is 13.0. The summed E-state index contributed by atoms with van der Waals surface area (Å²) in [5.74, 6) is -1.73. The maximum atomic E-state index is 13.0. The Kier molecular flexibility index (Phi) is 10.4. The van der Waals surface area contributed by atoms with Gasteiger partial charge in [0.1, 0.15) is 6.04 Å². The number of Topliss-reactive ketones (excluding diaryl/α,β-unsaturated/α-hetero) is 1. The molecule has 11 heteroatoms. The van der Waals surface area contributed by atoms with Crippen molar-refractivity contribution in [1.82, 2.24) is 10.6 Å². The van der Waals surface area contributed by atoms with Gasteiger partial charge in [0.05, 0.1) is 17.6 Å². The van der Waals surface area contributed by atoms with Crippen LogP contribution in [0.2, 0.25) is 0 Å². The molecule has 8 nitrogen and oxygen atoms in total. The van der Waals surface area contributed by atoms with Gasteiger partial charge in [-0.1, -0.05) is 48.5 Å². The van der Waals surface area contributed by atoms with Crippen LogP contribution in [0.15, 0.2) is 54.6 Å². The zero-order valence-corrected chi connectivity index (χ0v) is 19.1. The molecule has 8 N–H and O–H groups in total. The molecule has 2 aromatic carbocycles. The van der Waals surface area contributed by atoms with Gasteiger partial charge in [-0.15, -0.1) is 0 Å². The van der Waals surface area contributed by atoms with E-state index in [0.717, 1.165) is 17.7 Å². The van der Waals surface area contributed by atoms with Crippen molar-refractivity contribution in [3.8, 4) is 0 Å². The highest BCUT2D eigenvalue weighted by atomic mass is 19.4. The maximum Gasteiger partial charge on any atom is 0.416 e. The van der Waals surface area contributed by atoms with Gasteiger partial charge in [-0.25, -0.2) is 0 Å². The van der Waals surface area contributed by atoms with E-state index in [-0.39, 0.29) is 31.5 Å². The Balaban J connectivity index is 2.10. The van der Waals surface area contributed by atoms with Crippen LogP contribution in [0.4, 0.5) is 13.2 Å². The molecule has 0 aliphatic heterocycles. The zero-order chi connectivity index (χ0) is 26.0. The Morgan fingerprint density at radius 1 is 0.886 bits per heavy atom. The highest BCUT2D eigenvalue weighted by Crippen LogP contribution is 2.29. The number of carbonyl (C=O) groups excluding carboxylic acids is 3. The fraction of sp³-hybridized carbons (Fsp3) is 0.375. The standard InChI is InChI=1S/C24H30F3N5O3/c25-24(26,27)17-8-4-7-16(11-17)12-21(33)20(10-9-15-5-2-1-3-6-15)32-23(35)19(30)14-31-22(34)18(29)13-28/h1-8,11,18-20H,9-10,12-14,28-30H2,(H,31,34)(H,32,35)/t18-,19+,20+/m1/s1. The molecular weight excluding hydrogens is 463 g/mol. The first-order valence-corrected chi connectivity index (χ1v) is 11.0. The molecular formula is C24H30F3N5O3. The summed E-state index contributed by atoms with van der Waals surface area (Å²) in [7, 11) is 0. The second-order valence-corrected chi connectivity index (χ2v) is 8.12. The van der Waals surface area contributed by atoms with Crippen molar-refractivity contribution in [2.75, 3.05) is 13.1 Å². The number of amides is 2. The van der Waals surface area contributed by atoms with Crippen molar-refractivity contribution in [2.24, 2.45) is 17.2 Å². The summed E-state index contributed by atoms with van der Waals surface area (Å²) < 4.78 is 39.1. The van der Waals surface area contributed by atoms with Crippen LogP contribution in [0.1, 0.15) is 23.1 Å². The summed E-state index contributed by atoms with van der Waals surface area (Å²) in [6.45, 7) is -0.315. The minimum Gasteiger partial charge on any atom is -0.353 e. The van der Waals surface area contributed by atoms with Crippen LogP contribution in [0.5, 0.6) is 0 Å². The third-order valence-electron chi connectivity index (χ3n) is 5.33. The monoisotopic (exact) mass is 493 g/mol. The molecule has 2 amide bonds. The summed E-state index contributed by atoms with van der Waals surface area (Å²) >= 11 is 0. The largest absolute Gasteiger partial charge is 0.416 e. The van der Waals surface area contributed by atoms with Crippen LogP contribution in [0.25, 0.3) is 0 Å². The molecule has 0 aliphatic rings. The summed E-state index contributed by atoms with van der Waals surface area (Å²) in [4.78, 5) is 37.4. The van der Waals surface area contributed by atoms with Crippen LogP contribution in [0, 0.1) is 0 Å². The SMILES string of the molecule is NC[C@@H](N)C(=O)NC[C@H](N)C(=O)N[C@@H](CCc1ccccc1)C(=O)Cc1cccc(C(F)(F)F)c1. The molecule has 0 saturated heterocycles. The second kappa shape index (κ2) is 13.0. The molecule has 35 heavy (non-hydrogen) atoms. The number of nitrogens with two attached hydrogens (primary N) is 3. The average Bonchev–Trinajstić information content (AvgIpc) is 2.84. The van der Waals surface area contributed by atoms with E-state index in [1.807, 2.05) is 30.3 Å². The van der Waals surface area contributed by atoms with Crippen molar-refractivity contribution in [3.63, 3.8) is 0 Å². The number of rotatable bonds is 12. The third-order valence-corrected chi connectivity index (χ3v) is 5.33. The number of benzene rings is 2. The summed E-state index contributed by atoms with van der Waals surface area (Å²) in [6.07, 6.45) is -4.19. The van der Waals surface area contributed by atoms with Gasteiger partial charge in [-0.3, -0.25) is 14.4 Å². The number of carbonyl (C=O) groups is 3. The number of hydrogen-bond acceptors (Lipinski definition) is 6. The Labute approximate surface area is 201 Å². The van der Waals surface area contributed by atoms with Crippen LogP contribution < -0.4 is 27.8 Å². The number of hydrogen-bond donors (Lipinski definition) is 5. The van der Waals surface area contributed by atoms with Gasteiger partial charge in [0.15, 0.2) is 5.78 Å². The minimum absolute atomic E-state index is 0.0845. The van der Waals surface area contributed by atoms with Gasteiger partial charge in [0.2, 0.25) is 11.8 Å². The van der Waals surface area contributed by atoms with E-state index in [0.29, 0.717) is 6.42 Å². The fourth-order valence-corrected chi connectivity index (χ4v) is 3.27. The zero-order valence-electron chi connectivity index (χ0n) is 19.1. The lowest BCUT2D eigenvalue weighted by Crippen LogP contribution is -2.54. The van der Waals surface area contributed by atoms with Gasteiger partial charge in [-0.2, -0.15) is 13.2 Å². The quantitative estimate of drug-likeness (QED) is 0.293. The Morgan fingerprint density at radius 3 is 2.17 bits per heavy atom. The van der Waals surface area contributed by atoms with Gasteiger partial charge >= 0.3 is 6.18 Å². The lowest BCUT2D eigenvalue weighted by atomic mass is 9.96. The molecule has 0 bridgehead atoms. The van der Waals surface area contributed by atoms with Gasteiger partial charge in [0.25, 0.3) is 0 Å². The minimum atomic E-state index is -4.54. The molecule has 3 atom stereocenters. The van der Waals surface area contributed by atoms with Crippen molar-refractivity contribution in [1.29, 1.82) is 0 Å². The summed E-state index contributed by atoms with van der Waals surface area (Å²) in [5.41, 5.74) is 16.9. The topological polar surface area (TPSA) is 153 Å². The van der Waals surface area contributed by atoms with E-state index >= 15 is 0 Å². The average molecular weight is 494 g/mol. The molecule has 0 aliphatic carbocycles. The van der Waals surface area contributed by atoms with Gasteiger partial charge in [0, 0.05) is 19.5 Å². The normalized spacial score (nSPS) is 14.0. The highest BCUT2D eigenvalue weighted by Gasteiger charge is 2.31. The number of halogens is 3. The van der Waals surface area contributed by atoms with E-state index in [1.54, 1.807) is 0 Å². The predicted molar refractivity (Wildman–Crippen MR) is 125 cm³/mol. The number of alkyl halides is 3. The van der Waals surface area contributed by atoms with E-state index in [9.17, 15) is 27.6 Å². The lowest BCUT2D eigenvalue weighted by Gasteiger charge is -2.21. The van der Waals surface area contributed by atoms with Crippen LogP contribution in [0.3, 0.4) is 0 Å². The molecule has 190 valence electrons. The Hall–Kier alpha value is -3.28. The fourth-order valence-electron chi connectivity index (χ4n) is 3.27. The van der Waals surface area contributed by atoms with Crippen molar-refractivity contribution in [2.45, 2.75) is 43.6 Å². The van der Waals surface area contributed by atoms with E-state index in [4.69, 9.17) is 17.2 Å². The van der Waals surface area contributed by atoms with E-state index in [1.165, 1.54) is 12.1 Å². The molecule has 0 heterocycles. The number of ketones is 1.